The van der Waals surface area contributed by atoms with Crippen molar-refractivity contribution in [1.29, 1.82) is 0 Å². The first-order valence-corrected chi connectivity index (χ1v) is 9.75. The number of nitrogens with two attached hydrogens (primary N) is 1. The molecule has 1 fully saturated rings. The second-order valence-corrected chi connectivity index (χ2v) is 7.45. The van der Waals surface area contributed by atoms with Crippen molar-refractivity contribution in [2.24, 2.45) is 0 Å². The molecule has 0 amide bonds. The van der Waals surface area contributed by atoms with Crippen molar-refractivity contribution in [2.75, 3.05) is 38.2 Å². The fraction of sp³-hybridized carbons (Fsp3) is 0.381. The molecule has 7 nitrogen and oxygen atoms in total. The third-order valence-corrected chi connectivity index (χ3v) is 5.27. The predicted octanol–water partition coefficient (Wildman–Crippen LogP) is 2.50. The molecule has 0 atom stereocenters. The summed E-state index contributed by atoms with van der Waals surface area (Å²) in [5, 5.41) is 7.38. The van der Waals surface area contributed by atoms with Gasteiger partial charge in [0.05, 0.1) is 11.1 Å². The van der Waals surface area contributed by atoms with Crippen molar-refractivity contribution >= 4 is 22.8 Å². The Labute approximate surface area is 165 Å². The van der Waals surface area contributed by atoms with Crippen molar-refractivity contribution in [3.63, 3.8) is 0 Å². The van der Waals surface area contributed by atoms with E-state index in [-0.39, 0.29) is 0 Å². The highest BCUT2D eigenvalue weighted by molar-refractivity contribution is 5.88. The van der Waals surface area contributed by atoms with Crippen LogP contribution in [0.5, 0.6) is 0 Å². The number of piperidine rings is 1. The van der Waals surface area contributed by atoms with Gasteiger partial charge in [-0.2, -0.15) is 9.97 Å². The normalized spacial score (nSPS) is 15.8. The third kappa shape index (κ3) is 4.05. The van der Waals surface area contributed by atoms with Crippen LogP contribution < -0.4 is 16.4 Å². The zero-order valence-electron chi connectivity index (χ0n) is 16.4. The molecule has 1 aromatic carbocycles. The summed E-state index contributed by atoms with van der Waals surface area (Å²) in [5.74, 6) is 1.03. The summed E-state index contributed by atoms with van der Waals surface area (Å²) >= 11 is 0. The van der Waals surface area contributed by atoms with Crippen molar-refractivity contribution in [1.82, 2.24) is 25.2 Å². The Morgan fingerprint density at radius 3 is 2.50 bits per heavy atom. The quantitative estimate of drug-likeness (QED) is 0.629. The van der Waals surface area contributed by atoms with Gasteiger partial charge in [0, 0.05) is 18.2 Å². The summed E-state index contributed by atoms with van der Waals surface area (Å²) in [6.45, 7) is 3.00. The van der Waals surface area contributed by atoms with Crippen molar-refractivity contribution in [3.8, 4) is 11.3 Å². The van der Waals surface area contributed by atoms with Crippen molar-refractivity contribution < 1.29 is 0 Å². The molecule has 0 radical (unpaired) electrons. The number of benzene rings is 1. The zero-order valence-corrected chi connectivity index (χ0v) is 16.4. The molecule has 0 spiro atoms. The van der Waals surface area contributed by atoms with E-state index in [1.54, 1.807) is 0 Å². The molecule has 4 N–H and O–H groups in total. The van der Waals surface area contributed by atoms with Gasteiger partial charge < -0.3 is 21.3 Å². The van der Waals surface area contributed by atoms with Crippen LogP contribution in [-0.2, 0) is 6.54 Å². The average molecular weight is 377 g/mol. The number of fused-ring (bicyclic) bond motifs is 1. The van der Waals surface area contributed by atoms with Crippen molar-refractivity contribution in [3.05, 3.63) is 42.0 Å². The lowest BCUT2D eigenvalue weighted by Crippen LogP contribution is -2.37. The highest BCUT2D eigenvalue weighted by atomic mass is 15.2. The molecule has 4 rings (SSSR count). The number of rotatable bonds is 5. The van der Waals surface area contributed by atoms with E-state index in [0.717, 1.165) is 49.1 Å². The molecule has 1 aliphatic rings. The maximum atomic E-state index is 6.18. The van der Waals surface area contributed by atoms with Crippen LogP contribution in [0.25, 0.3) is 22.3 Å². The monoisotopic (exact) mass is 377 g/mol. The van der Waals surface area contributed by atoms with E-state index >= 15 is 0 Å². The molecule has 3 heterocycles. The number of hydrogen-bond donors (Lipinski definition) is 3. The van der Waals surface area contributed by atoms with Crippen LogP contribution >= 0.6 is 0 Å². The van der Waals surface area contributed by atoms with Crippen LogP contribution in [0.3, 0.4) is 0 Å². The summed E-state index contributed by atoms with van der Waals surface area (Å²) in [6.07, 6.45) is 2.15. The standard InChI is InChI=1S/C21H27N7/c1-23-13-14-3-5-15(6-4-14)18-8-7-17-19(22)26-21(27-20(17)25-18)24-16-9-11-28(2)12-10-16/h3-8,16,23H,9-13H2,1-2H3,(H3,22,24,25,26,27). The molecule has 28 heavy (non-hydrogen) atoms. The van der Waals surface area contributed by atoms with Gasteiger partial charge in [0.25, 0.3) is 0 Å². The SMILES string of the molecule is CNCc1ccc(-c2ccc3c(N)nc(NC4CCN(C)CC4)nc3n2)cc1. The Balaban J connectivity index is 1.60. The minimum absolute atomic E-state index is 0.371. The number of anilines is 2. The first kappa shape index (κ1) is 18.6. The number of nitrogen functional groups attached to an aromatic ring is 1. The molecule has 0 aliphatic carbocycles. The molecule has 7 heteroatoms. The summed E-state index contributed by atoms with van der Waals surface area (Å²) in [7, 11) is 4.09. The molecule has 2 aromatic heterocycles. The topological polar surface area (TPSA) is 92.0 Å². The summed E-state index contributed by atoms with van der Waals surface area (Å²) in [6, 6.07) is 12.7. The van der Waals surface area contributed by atoms with E-state index in [0.29, 0.717) is 23.5 Å². The largest absolute Gasteiger partial charge is 0.383 e. The molecular weight excluding hydrogens is 350 g/mol. The van der Waals surface area contributed by atoms with Crippen LogP contribution in [0, 0.1) is 0 Å². The van der Waals surface area contributed by atoms with Crippen molar-refractivity contribution in [2.45, 2.75) is 25.4 Å². The summed E-state index contributed by atoms with van der Waals surface area (Å²) < 4.78 is 0. The third-order valence-electron chi connectivity index (χ3n) is 5.27. The maximum Gasteiger partial charge on any atom is 0.226 e. The van der Waals surface area contributed by atoms with E-state index in [2.05, 4.69) is 56.8 Å². The van der Waals surface area contributed by atoms with Gasteiger partial charge in [0.1, 0.15) is 5.82 Å². The van der Waals surface area contributed by atoms with Gasteiger partial charge in [0.2, 0.25) is 5.95 Å². The van der Waals surface area contributed by atoms with Crippen LogP contribution in [0.1, 0.15) is 18.4 Å². The minimum atomic E-state index is 0.371. The van der Waals surface area contributed by atoms with Gasteiger partial charge in [-0.15, -0.1) is 0 Å². The second-order valence-electron chi connectivity index (χ2n) is 7.45. The summed E-state index contributed by atoms with van der Waals surface area (Å²) in [5.41, 5.74) is 9.98. The molecule has 1 aliphatic heterocycles. The van der Waals surface area contributed by atoms with Gasteiger partial charge in [-0.05, 0) is 57.7 Å². The van der Waals surface area contributed by atoms with Crippen LogP contribution in [0.15, 0.2) is 36.4 Å². The van der Waals surface area contributed by atoms with E-state index in [1.807, 2.05) is 19.2 Å². The number of aromatic nitrogens is 3. The molecule has 3 aromatic rings. The van der Waals surface area contributed by atoms with Gasteiger partial charge in [-0.25, -0.2) is 4.98 Å². The van der Waals surface area contributed by atoms with Crippen LogP contribution in [-0.4, -0.2) is 53.1 Å². The molecule has 146 valence electrons. The van der Waals surface area contributed by atoms with E-state index in [4.69, 9.17) is 10.7 Å². The zero-order chi connectivity index (χ0) is 19.5. The first-order chi connectivity index (χ1) is 13.6. The van der Waals surface area contributed by atoms with Gasteiger partial charge in [0.15, 0.2) is 5.65 Å². The van der Waals surface area contributed by atoms with Crippen LogP contribution in [0.2, 0.25) is 0 Å². The Morgan fingerprint density at radius 2 is 1.79 bits per heavy atom. The minimum Gasteiger partial charge on any atom is -0.383 e. The molecule has 0 unspecified atom stereocenters. The fourth-order valence-electron chi connectivity index (χ4n) is 3.59. The molecule has 0 bridgehead atoms. The molecular formula is C21H27N7. The predicted molar refractivity (Wildman–Crippen MR) is 114 cm³/mol. The smallest absolute Gasteiger partial charge is 0.226 e. The Kier molecular flexibility index (Phi) is 5.36. The summed E-state index contributed by atoms with van der Waals surface area (Å²) in [4.78, 5) is 16.2. The number of likely N-dealkylation sites (tertiary alicyclic amines) is 1. The highest BCUT2D eigenvalue weighted by Crippen LogP contribution is 2.24. The maximum absolute atomic E-state index is 6.18. The lowest BCUT2D eigenvalue weighted by molar-refractivity contribution is 0.263. The number of nitrogens with one attached hydrogen (secondary N) is 2. The first-order valence-electron chi connectivity index (χ1n) is 9.75. The molecule has 1 saturated heterocycles. The Bertz CT molecular complexity index is 947. The van der Waals surface area contributed by atoms with Crippen LogP contribution in [0.4, 0.5) is 11.8 Å². The van der Waals surface area contributed by atoms with E-state index in [9.17, 15) is 0 Å². The lowest BCUT2D eigenvalue weighted by Gasteiger charge is -2.29. The van der Waals surface area contributed by atoms with E-state index < -0.39 is 0 Å². The van der Waals surface area contributed by atoms with Gasteiger partial charge in [-0.1, -0.05) is 24.3 Å². The number of hydrogen-bond acceptors (Lipinski definition) is 7. The number of nitrogens with zero attached hydrogens (tertiary/aromatic N) is 4. The second kappa shape index (κ2) is 8.08. The van der Waals surface area contributed by atoms with Gasteiger partial charge >= 0.3 is 0 Å². The highest BCUT2D eigenvalue weighted by Gasteiger charge is 2.18. The van der Waals surface area contributed by atoms with E-state index in [1.165, 1.54) is 5.56 Å². The lowest BCUT2D eigenvalue weighted by atomic mass is 10.1. The molecule has 0 saturated carbocycles. The number of pyridine rings is 1. The van der Waals surface area contributed by atoms with Gasteiger partial charge in [-0.3, -0.25) is 0 Å². The fourth-order valence-corrected chi connectivity index (χ4v) is 3.59. The Morgan fingerprint density at radius 1 is 1.04 bits per heavy atom. The Hall–Kier alpha value is -2.77. The average Bonchev–Trinajstić information content (AvgIpc) is 2.70.